The molecule has 0 atom stereocenters. The normalized spacial score (nSPS) is 10.8. The van der Waals surface area contributed by atoms with Gasteiger partial charge in [-0.15, -0.1) is 0 Å². The quantitative estimate of drug-likeness (QED) is 0.737. The Balaban J connectivity index is 2.20. The molecular formula is C20H28N4O. The maximum absolute atomic E-state index is 13.0. The number of carbonyl (C=O) groups is 1. The van der Waals surface area contributed by atoms with E-state index in [4.69, 9.17) is 0 Å². The van der Waals surface area contributed by atoms with E-state index in [0.29, 0.717) is 18.2 Å². The van der Waals surface area contributed by atoms with Crippen LogP contribution in [0.2, 0.25) is 0 Å². The third kappa shape index (κ3) is 5.55. The van der Waals surface area contributed by atoms with Crippen LogP contribution in [0.15, 0.2) is 36.4 Å². The van der Waals surface area contributed by atoms with E-state index in [-0.39, 0.29) is 11.9 Å². The van der Waals surface area contributed by atoms with Crippen molar-refractivity contribution < 1.29 is 4.79 Å². The third-order valence-corrected chi connectivity index (χ3v) is 3.97. The van der Waals surface area contributed by atoms with Crippen LogP contribution in [0.1, 0.15) is 55.4 Å². The Kier molecular flexibility index (Phi) is 6.92. The number of nitrogens with one attached hydrogen (secondary N) is 1. The summed E-state index contributed by atoms with van der Waals surface area (Å²) in [6.45, 7) is 9.45. The first-order chi connectivity index (χ1) is 12.0. The van der Waals surface area contributed by atoms with Crippen LogP contribution in [0, 0.1) is 6.92 Å². The molecule has 0 saturated heterocycles. The molecule has 0 bridgehead atoms. The van der Waals surface area contributed by atoms with Crippen molar-refractivity contribution in [2.75, 3.05) is 11.9 Å². The fraction of sp³-hybridized carbons (Fsp3) is 0.450. The lowest BCUT2D eigenvalue weighted by atomic mass is 10.1. The first kappa shape index (κ1) is 18.9. The van der Waals surface area contributed by atoms with Crippen molar-refractivity contribution in [3.05, 3.63) is 53.3 Å². The Bertz CT molecular complexity index is 685. The highest BCUT2D eigenvalue weighted by Crippen LogP contribution is 2.14. The minimum absolute atomic E-state index is 0.0668. The second-order valence-corrected chi connectivity index (χ2v) is 6.51. The van der Waals surface area contributed by atoms with Gasteiger partial charge < -0.3 is 10.2 Å². The SMILES string of the molecule is CCCCNc1nc(C)cc(C(=O)N(Cc2ccccc2)C(C)C)n1. The van der Waals surface area contributed by atoms with Gasteiger partial charge in [-0.25, -0.2) is 9.97 Å². The smallest absolute Gasteiger partial charge is 0.273 e. The van der Waals surface area contributed by atoms with E-state index in [0.717, 1.165) is 30.6 Å². The van der Waals surface area contributed by atoms with Crippen LogP contribution in [0.5, 0.6) is 0 Å². The van der Waals surface area contributed by atoms with Crippen molar-refractivity contribution in [2.24, 2.45) is 0 Å². The summed E-state index contributed by atoms with van der Waals surface area (Å²) in [6.07, 6.45) is 2.15. The molecule has 1 aromatic carbocycles. The number of aryl methyl sites for hydroxylation is 1. The highest BCUT2D eigenvalue weighted by atomic mass is 16.2. The van der Waals surface area contributed by atoms with Crippen molar-refractivity contribution in [1.82, 2.24) is 14.9 Å². The fourth-order valence-corrected chi connectivity index (χ4v) is 2.55. The number of aromatic nitrogens is 2. The Labute approximate surface area is 150 Å². The van der Waals surface area contributed by atoms with Crippen LogP contribution in [-0.2, 0) is 6.54 Å². The molecule has 0 fully saturated rings. The molecule has 0 aliphatic rings. The number of hydrogen-bond acceptors (Lipinski definition) is 4. The molecule has 0 saturated carbocycles. The van der Waals surface area contributed by atoms with Gasteiger partial charge in [-0.05, 0) is 38.8 Å². The van der Waals surface area contributed by atoms with Crippen molar-refractivity contribution >= 4 is 11.9 Å². The highest BCUT2D eigenvalue weighted by molar-refractivity contribution is 5.92. The van der Waals surface area contributed by atoms with E-state index in [1.165, 1.54) is 0 Å². The largest absolute Gasteiger partial charge is 0.354 e. The molecule has 134 valence electrons. The molecule has 25 heavy (non-hydrogen) atoms. The second-order valence-electron chi connectivity index (χ2n) is 6.51. The molecule has 5 nitrogen and oxygen atoms in total. The van der Waals surface area contributed by atoms with Gasteiger partial charge in [-0.3, -0.25) is 4.79 Å². The molecule has 2 rings (SSSR count). The van der Waals surface area contributed by atoms with E-state index in [2.05, 4.69) is 22.2 Å². The molecule has 0 unspecified atom stereocenters. The van der Waals surface area contributed by atoms with Gasteiger partial charge in [0.2, 0.25) is 5.95 Å². The van der Waals surface area contributed by atoms with Gasteiger partial charge >= 0.3 is 0 Å². The van der Waals surface area contributed by atoms with Crippen LogP contribution in [0.25, 0.3) is 0 Å². The van der Waals surface area contributed by atoms with Crippen LogP contribution >= 0.6 is 0 Å². The lowest BCUT2D eigenvalue weighted by molar-refractivity contribution is 0.0684. The fourth-order valence-electron chi connectivity index (χ4n) is 2.55. The van der Waals surface area contributed by atoms with Gasteiger partial charge in [0.05, 0.1) is 0 Å². The summed E-state index contributed by atoms with van der Waals surface area (Å²) >= 11 is 0. The van der Waals surface area contributed by atoms with E-state index in [1.54, 1.807) is 6.07 Å². The predicted octanol–water partition coefficient (Wildman–Crippen LogP) is 4.05. The Morgan fingerprint density at radius 2 is 1.92 bits per heavy atom. The van der Waals surface area contributed by atoms with Gasteiger partial charge in [0.25, 0.3) is 5.91 Å². The molecule has 0 radical (unpaired) electrons. The summed E-state index contributed by atoms with van der Waals surface area (Å²) in [7, 11) is 0. The Hall–Kier alpha value is -2.43. The molecule has 1 heterocycles. The van der Waals surface area contributed by atoms with Crippen molar-refractivity contribution in [1.29, 1.82) is 0 Å². The van der Waals surface area contributed by atoms with Gasteiger partial charge in [0, 0.05) is 24.8 Å². The standard InChI is InChI=1S/C20H28N4O/c1-5-6-12-21-20-22-16(4)13-18(23-20)19(25)24(15(2)3)14-17-10-8-7-9-11-17/h7-11,13,15H,5-6,12,14H2,1-4H3,(H,21,22,23). The second kappa shape index (κ2) is 9.16. The molecule has 1 N–H and O–H groups in total. The molecule has 0 aliphatic heterocycles. The summed E-state index contributed by atoms with van der Waals surface area (Å²) in [5, 5.41) is 3.21. The molecular weight excluding hydrogens is 312 g/mol. The molecule has 1 amide bonds. The van der Waals surface area contributed by atoms with Gasteiger partial charge in [0.1, 0.15) is 5.69 Å². The average Bonchev–Trinajstić information content (AvgIpc) is 2.59. The minimum atomic E-state index is -0.0668. The van der Waals surface area contributed by atoms with Gasteiger partial charge in [-0.1, -0.05) is 43.7 Å². The van der Waals surface area contributed by atoms with Gasteiger partial charge in [-0.2, -0.15) is 0 Å². The van der Waals surface area contributed by atoms with E-state index in [1.807, 2.05) is 56.0 Å². The molecule has 0 spiro atoms. The zero-order valence-corrected chi connectivity index (χ0v) is 15.6. The van der Waals surface area contributed by atoms with Crippen molar-refractivity contribution in [2.45, 2.75) is 53.1 Å². The maximum Gasteiger partial charge on any atom is 0.273 e. The van der Waals surface area contributed by atoms with Crippen LogP contribution in [0.4, 0.5) is 5.95 Å². The number of rotatable bonds is 8. The Morgan fingerprint density at radius 3 is 2.56 bits per heavy atom. The topological polar surface area (TPSA) is 58.1 Å². The predicted molar refractivity (Wildman–Crippen MR) is 102 cm³/mol. The number of anilines is 1. The number of nitrogens with zero attached hydrogens (tertiary/aromatic N) is 3. The van der Waals surface area contributed by atoms with Crippen molar-refractivity contribution in [3.8, 4) is 0 Å². The lowest BCUT2D eigenvalue weighted by Crippen LogP contribution is -2.37. The zero-order chi connectivity index (χ0) is 18.2. The number of hydrogen-bond donors (Lipinski definition) is 1. The Morgan fingerprint density at radius 1 is 1.20 bits per heavy atom. The maximum atomic E-state index is 13.0. The summed E-state index contributed by atoms with van der Waals surface area (Å²) in [5.41, 5.74) is 2.34. The van der Waals surface area contributed by atoms with E-state index < -0.39 is 0 Å². The molecule has 5 heteroatoms. The number of benzene rings is 1. The number of amides is 1. The summed E-state index contributed by atoms with van der Waals surface area (Å²) in [6, 6.07) is 11.9. The van der Waals surface area contributed by atoms with E-state index >= 15 is 0 Å². The summed E-state index contributed by atoms with van der Waals surface area (Å²) < 4.78 is 0. The van der Waals surface area contributed by atoms with Gasteiger partial charge in [0.15, 0.2) is 0 Å². The third-order valence-electron chi connectivity index (χ3n) is 3.97. The number of carbonyl (C=O) groups excluding carboxylic acids is 1. The molecule has 0 aliphatic carbocycles. The highest BCUT2D eigenvalue weighted by Gasteiger charge is 2.21. The minimum Gasteiger partial charge on any atom is -0.354 e. The number of unbranched alkanes of at least 4 members (excludes halogenated alkanes) is 1. The molecule has 1 aromatic heterocycles. The lowest BCUT2D eigenvalue weighted by Gasteiger charge is -2.26. The van der Waals surface area contributed by atoms with Crippen LogP contribution < -0.4 is 5.32 Å². The van der Waals surface area contributed by atoms with Crippen molar-refractivity contribution in [3.63, 3.8) is 0 Å². The zero-order valence-electron chi connectivity index (χ0n) is 15.6. The first-order valence-corrected chi connectivity index (χ1v) is 8.95. The first-order valence-electron chi connectivity index (χ1n) is 8.95. The average molecular weight is 340 g/mol. The van der Waals surface area contributed by atoms with E-state index in [9.17, 15) is 4.79 Å². The summed E-state index contributed by atoms with van der Waals surface area (Å²) in [4.78, 5) is 23.7. The molecule has 2 aromatic rings. The van der Waals surface area contributed by atoms with Crippen LogP contribution in [-0.4, -0.2) is 33.4 Å². The van der Waals surface area contributed by atoms with Crippen LogP contribution in [0.3, 0.4) is 0 Å². The summed E-state index contributed by atoms with van der Waals surface area (Å²) in [5.74, 6) is 0.461. The monoisotopic (exact) mass is 340 g/mol.